The summed E-state index contributed by atoms with van der Waals surface area (Å²) in [5.41, 5.74) is 7.29. The van der Waals surface area contributed by atoms with Crippen LogP contribution in [0.3, 0.4) is 0 Å². The molecule has 0 saturated carbocycles. The monoisotopic (exact) mass is 330 g/mol. The van der Waals surface area contributed by atoms with Gasteiger partial charge in [-0.1, -0.05) is 6.92 Å². The molecule has 1 atom stereocenters. The maximum Gasteiger partial charge on any atom is 0.139 e. The fraction of sp³-hybridized carbons (Fsp3) is 0.571. The third kappa shape index (κ3) is 3.60. The Kier molecular flexibility index (Phi) is 5.05. The smallest absolute Gasteiger partial charge is 0.139 e. The molecule has 2 rings (SSSR count). The van der Waals surface area contributed by atoms with Crippen molar-refractivity contribution in [3.05, 3.63) is 22.4 Å². The van der Waals surface area contributed by atoms with E-state index >= 15 is 0 Å². The fourth-order valence-corrected chi connectivity index (χ4v) is 2.73. The molecule has 5 heteroatoms. The highest BCUT2D eigenvalue weighted by Crippen LogP contribution is 2.31. The van der Waals surface area contributed by atoms with Crippen LogP contribution in [0, 0.1) is 5.82 Å². The van der Waals surface area contributed by atoms with Gasteiger partial charge in [0.05, 0.1) is 22.0 Å². The van der Waals surface area contributed by atoms with Gasteiger partial charge < -0.3 is 15.4 Å². The Morgan fingerprint density at radius 3 is 3.05 bits per heavy atom. The molecule has 1 aliphatic heterocycles. The van der Waals surface area contributed by atoms with Gasteiger partial charge in [0.15, 0.2) is 0 Å². The quantitative estimate of drug-likeness (QED) is 0.858. The van der Waals surface area contributed by atoms with Gasteiger partial charge in [-0.3, -0.25) is 0 Å². The Hall–Kier alpha value is -0.810. The van der Waals surface area contributed by atoms with Gasteiger partial charge in [-0.15, -0.1) is 0 Å². The molecule has 19 heavy (non-hydrogen) atoms. The Bertz CT molecular complexity index is 442. The topological polar surface area (TPSA) is 38.5 Å². The summed E-state index contributed by atoms with van der Waals surface area (Å²) in [5, 5.41) is 0. The third-order valence-corrected chi connectivity index (χ3v) is 3.95. The summed E-state index contributed by atoms with van der Waals surface area (Å²) in [5.74, 6) is -0.322. The summed E-state index contributed by atoms with van der Waals surface area (Å²) in [7, 11) is 0. The Morgan fingerprint density at radius 2 is 2.32 bits per heavy atom. The van der Waals surface area contributed by atoms with Crippen LogP contribution in [-0.2, 0) is 4.74 Å². The number of benzene rings is 1. The molecule has 0 amide bonds. The molecule has 0 bridgehead atoms. The largest absolute Gasteiger partial charge is 0.397 e. The number of hydrogen-bond donors (Lipinski definition) is 1. The summed E-state index contributed by atoms with van der Waals surface area (Å²) in [6, 6.07) is 3.13. The summed E-state index contributed by atoms with van der Waals surface area (Å²) in [4.78, 5) is 2.18. The van der Waals surface area contributed by atoms with Gasteiger partial charge in [-0.25, -0.2) is 4.39 Å². The number of anilines is 2. The summed E-state index contributed by atoms with van der Waals surface area (Å²) >= 11 is 3.22. The van der Waals surface area contributed by atoms with E-state index in [4.69, 9.17) is 10.5 Å². The van der Waals surface area contributed by atoms with Crippen molar-refractivity contribution >= 4 is 27.3 Å². The minimum absolute atomic E-state index is 0.247. The van der Waals surface area contributed by atoms with Crippen molar-refractivity contribution in [1.29, 1.82) is 0 Å². The maximum absolute atomic E-state index is 13.4. The molecule has 1 aliphatic rings. The number of nitrogens with zero attached hydrogens (tertiary/aromatic N) is 1. The number of hydrogen-bond acceptors (Lipinski definition) is 3. The first-order valence-corrected chi connectivity index (χ1v) is 7.52. The SMILES string of the molecule is CCCOC1CCCN(c2cc(Br)c(F)cc2N)C1. The second-order valence-electron chi connectivity index (χ2n) is 4.91. The van der Waals surface area contributed by atoms with E-state index in [2.05, 4.69) is 27.8 Å². The lowest BCUT2D eigenvalue weighted by atomic mass is 10.1. The fourth-order valence-electron chi connectivity index (χ4n) is 2.40. The average molecular weight is 331 g/mol. The lowest BCUT2D eigenvalue weighted by Gasteiger charge is -2.35. The van der Waals surface area contributed by atoms with Crippen molar-refractivity contribution in [2.75, 3.05) is 30.3 Å². The Morgan fingerprint density at radius 1 is 1.53 bits per heavy atom. The minimum Gasteiger partial charge on any atom is -0.397 e. The number of piperidine rings is 1. The number of nitrogens with two attached hydrogens (primary N) is 1. The molecule has 1 heterocycles. The van der Waals surface area contributed by atoms with Crippen molar-refractivity contribution < 1.29 is 9.13 Å². The molecule has 0 radical (unpaired) electrons. The molecule has 1 fully saturated rings. The summed E-state index contributed by atoms with van der Waals surface area (Å²) in [6.45, 7) is 4.66. The van der Waals surface area contributed by atoms with E-state index < -0.39 is 0 Å². The van der Waals surface area contributed by atoms with E-state index in [1.165, 1.54) is 6.07 Å². The highest BCUT2D eigenvalue weighted by Gasteiger charge is 2.22. The molecule has 1 aromatic carbocycles. The number of ether oxygens (including phenoxy) is 1. The van der Waals surface area contributed by atoms with E-state index in [0.29, 0.717) is 10.2 Å². The molecule has 2 N–H and O–H groups in total. The van der Waals surface area contributed by atoms with Crippen molar-refractivity contribution in [3.63, 3.8) is 0 Å². The second kappa shape index (κ2) is 6.57. The number of nitrogen functional groups attached to an aromatic ring is 1. The molecule has 1 saturated heterocycles. The zero-order valence-corrected chi connectivity index (χ0v) is 12.7. The van der Waals surface area contributed by atoms with E-state index in [0.717, 1.165) is 44.6 Å². The lowest BCUT2D eigenvalue weighted by Crippen LogP contribution is -2.40. The average Bonchev–Trinajstić information content (AvgIpc) is 2.41. The Labute approximate surface area is 122 Å². The van der Waals surface area contributed by atoms with Gasteiger partial charge in [0.2, 0.25) is 0 Å². The number of halogens is 2. The van der Waals surface area contributed by atoms with Crippen LogP contribution in [0.5, 0.6) is 0 Å². The summed E-state index contributed by atoms with van der Waals surface area (Å²) in [6.07, 6.45) is 3.43. The zero-order valence-electron chi connectivity index (χ0n) is 11.2. The van der Waals surface area contributed by atoms with Crippen LogP contribution in [0.4, 0.5) is 15.8 Å². The van der Waals surface area contributed by atoms with Crippen LogP contribution in [0.25, 0.3) is 0 Å². The molecule has 0 aliphatic carbocycles. The highest BCUT2D eigenvalue weighted by molar-refractivity contribution is 9.10. The second-order valence-corrected chi connectivity index (χ2v) is 5.76. The van der Waals surface area contributed by atoms with Gasteiger partial charge >= 0.3 is 0 Å². The van der Waals surface area contributed by atoms with Gasteiger partial charge in [-0.05, 0) is 41.3 Å². The van der Waals surface area contributed by atoms with Crippen molar-refractivity contribution in [3.8, 4) is 0 Å². The summed E-state index contributed by atoms with van der Waals surface area (Å²) < 4.78 is 19.7. The molecule has 0 aromatic heterocycles. The van der Waals surface area contributed by atoms with Crippen molar-refractivity contribution in [2.24, 2.45) is 0 Å². The van der Waals surface area contributed by atoms with E-state index in [1.807, 2.05) is 0 Å². The Balaban J connectivity index is 2.10. The van der Waals surface area contributed by atoms with Gasteiger partial charge in [0.1, 0.15) is 5.82 Å². The lowest BCUT2D eigenvalue weighted by molar-refractivity contribution is 0.0441. The highest BCUT2D eigenvalue weighted by atomic mass is 79.9. The first-order chi connectivity index (χ1) is 9.11. The first kappa shape index (κ1) is 14.6. The molecular formula is C14H20BrFN2O. The van der Waals surface area contributed by atoms with Crippen LogP contribution >= 0.6 is 15.9 Å². The normalized spacial score (nSPS) is 19.7. The van der Waals surface area contributed by atoms with Crippen LogP contribution in [0.2, 0.25) is 0 Å². The van der Waals surface area contributed by atoms with Crippen LogP contribution in [0.1, 0.15) is 26.2 Å². The predicted octanol–water partition coefficient (Wildman–Crippen LogP) is 3.57. The number of rotatable bonds is 4. The van der Waals surface area contributed by atoms with Crippen LogP contribution in [-0.4, -0.2) is 25.8 Å². The first-order valence-electron chi connectivity index (χ1n) is 6.73. The van der Waals surface area contributed by atoms with Crippen LogP contribution in [0.15, 0.2) is 16.6 Å². The van der Waals surface area contributed by atoms with E-state index in [-0.39, 0.29) is 11.9 Å². The van der Waals surface area contributed by atoms with E-state index in [1.54, 1.807) is 6.07 Å². The van der Waals surface area contributed by atoms with Crippen molar-refractivity contribution in [2.45, 2.75) is 32.3 Å². The molecular weight excluding hydrogens is 311 g/mol. The molecule has 106 valence electrons. The van der Waals surface area contributed by atoms with Gasteiger partial charge in [0, 0.05) is 25.8 Å². The van der Waals surface area contributed by atoms with Crippen LogP contribution < -0.4 is 10.6 Å². The third-order valence-electron chi connectivity index (χ3n) is 3.35. The van der Waals surface area contributed by atoms with E-state index in [9.17, 15) is 4.39 Å². The van der Waals surface area contributed by atoms with Gasteiger partial charge in [-0.2, -0.15) is 0 Å². The van der Waals surface area contributed by atoms with Gasteiger partial charge in [0.25, 0.3) is 0 Å². The molecule has 3 nitrogen and oxygen atoms in total. The molecule has 0 spiro atoms. The maximum atomic E-state index is 13.4. The molecule has 1 unspecified atom stereocenters. The minimum atomic E-state index is -0.322. The van der Waals surface area contributed by atoms with Crippen molar-refractivity contribution in [1.82, 2.24) is 0 Å². The predicted molar refractivity (Wildman–Crippen MR) is 80.0 cm³/mol. The zero-order chi connectivity index (χ0) is 13.8. The standard InChI is InChI=1S/C14H20BrFN2O/c1-2-6-19-10-4-3-5-18(9-10)14-7-11(15)12(16)8-13(14)17/h7-8,10H,2-6,9,17H2,1H3. The molecule has 1 aromatic rings.